The zero-order chi connectivity index (χ0) is 10.8. The quantitative estimate of drug-likeness (QED) is 0.826. The molecule has 0 unspecified atom stereocenters. The Morgan fingerprint density at radius 3 is 2.73 bits per heavy atom. The molecule has 0 aromatic carbocycles. The summed E-state index contributed by atoms with van der Waals surface area (Å²) in [5, 5.41) is 4.18. The number of nitrogens with zero attached hydrogens (tertiary/aromatic N) is 4. The molecule has 0 aliphatic carbocycles. The molecule has 2 aromatic heterocycles. The van der Waals surface area contributed by atoms with E-state index in [1.807, 2.05) is 6.20 Å². The van der Waals surface area contributed by atoms with Crippen LogP contribution in [-0.4, -0.2) is 19.6 Å². The minimum absolute atomic E-state index is 0.433. The van der Waals surface area contributed by atoms with Crippen LogP contribution in [0.4, 0.5) is 5.82 Å². The highest BCUT2D eigenvalue weighted by molar-refractivity contribution is 5.58. The highest BCUT2D eigenvalue weighted by Crippen LogP contribution is 2.23. The van der Waals surface area contributed by atoms with Gasteiger partial charge in [-0.3, -0.25) is 0 Å². The van der Waals surface area contributed by atoms with Crippen LogP contribution < -0.4 is 5.73 Å². The lowest BCUT2D eigenvalue weighted by Crippen LogP contribution is -2.05. The lowest BCUT2D eigenvalue weighted by Gasteiger charge is -2.10. The molecule has 2 N–H and O–H groups in total. The van der Waals surface area contributed by atoms with Crippen molar-refractivity contribution in [2.24, 2.45) is 0 Å². The summed E-state index contributed by atoms with van der Waals surface area (Å²) in [5.74, 6) is 0.913. The van der Waals surface area contributed by atoms with E-state index in [0.717, 1.165) is 18.5 Å². The summed E-state index contributed by atoms with van der Waals surface area (Å²) in [4.78, 5) is 8.16. The summed E-state index contributed by atoms with van der Waals surface area (Å²) in [6, 6.07) is 0. The molecule has 0 fully saturated rings. The van der Waals surface area contributed by atoms with E-state index in [2.05, 4.69) is 28.9 Å². The Morgan fingerprint density at radius 1 is 1.33 bits per heavy atom. The van der Waals surface area contributed by atoms with Crippen LogP contribution >= 0.6 is 0 Å². The third-order valence-corrected chi connectivity index (χ3v) is 2.76. The lowest BCUT2D eigenvalue weighted by molar-refractivity contribution is 0.603. The normalized spacial score (nSPS) is 11.4. The van der Waals surface area contributed by atoms with Crippen LogP contribution in [0.2, 0.25) is 0 Å². The van der Waals surface area contributed by atoms with Crippen LogP contribution in [0.25, 0.3) is 5.65 Å². The number of nitrogen functional groups attached to an aromatic ring is 1. The number of anilines is 1. The average Bonchev–Trinajstić information content (AvgIpc) is 2.66. The van der Waals surface area contributed by atoms with Crippen LogP contribution in [0.5, 0.6) is 0 Å². The van der Waals surface area contributed by atoms with Gasteiger partial charge >= 0.3 is 0 Å². The molecule has 0 bridgehead atoms. The maximum Gasteiger partial charge on any atom is 0.196 e. The molecule has 0 saturated carbocycles. The molecule has 2 rings (SSSR count). The van der Waals surface area contributed by atoms with Crippen LogP contribution in [-0.2, 0) is 0 Å². The number of fused-ring (bicyclic) bond motifs is 1. The van der Waals surface area contributed by atoms with Crippen molar-refractivity contribution in [3.8, 4) is 0 Å². The van der Waals surface area contributed by atoms with Gasteiger partial charge in [0.25, 0.3) is 0 Å². The van der Waals surface area contributed by atoms with Crippen molar-refractivity contribution in [2.75, 3.05) is 5.73 Å². The second-order valence-electron chi connectivity index (χ2n) is 3.58. The van der Waals surface area contributed by atoms with Gasteiger partial charge < -0.3 is 5.73 Å². The summed E-state index contributed by atoms with van der Waals surface area (Å²) in [6.45, 7) is 4.33. The summed E-state index contributed by atoms with van der Waals surface area (Å²) < 4.78 is 1.79. The molecule has 0 aliphatic heterocycles. The molecule has 5 nitrogen and oxygen atoms in total. The first-order valence-corrected chi connectivity index (χ1v) is 5.22. The Hall–Kier alpha value is -1.65. The molecule has 0 radical (unpaired) electrons. The smallest absolute Gasteiger partial charge is 0.196 e. The largest absolute Gasteiger partial charge is 0.381 e. The van der Waals surface area contributed by atoms with E-state index in [1.165, 1.54) is 6.33 Å². The Balaban J connectivity index is 2.58. The van der Waals surface area contributed by atoms with E-state index in [1.54, 1.807) is 4.52 Å². The third kappa shape index (κ3) is 1.54. The first-order valence-electron chi connectivity index (χ1n) is 5.22. The van der Waals surface area contributed by atoms with Crippen molar-refractivity contribution in [1.29, 1.82) is 0 Å². The summed E-state index contributed by atoms with van der Waals surface area (Å²) in [5.41, 5.74) is 7.49. The van der Waals surface area contributed by atoms with Gasteiger partial charge in [-0.25, -0.2) is 14.5 Å². The number of hydrogen-bond donors (Lipinski definition) is 1. The Morgan fingerprint density at radius 2 is 2.07 bits per heavy atom. The van der Waals surface area contributed by atoms with Gasteiger partial charge in [0, 0.05) is 5.92 Å². The molecule has 15 heavy (non-hydrogen) atoms. The predicted octanol–water partition coefficient (Wildman–Crippen LogP) is 1.61. The molecule has 0 atom stereocenters. The molecule has 0 amide bonds. The SMILES string of the molecule is CCC(CC)c1cnc2c(N)ncnn12. The molecular formula is C10H15N5. The molecule has 0 aliphatic rings. The monoisotopic (exact) mass is 205 g/mol. The molecule has 80 valence electrons. The summed E-state index contributed by atoms with van der Waals surface area (Å²) >= 11 is 0. The van der Waals surface area contributed by atoms with Gasteiger partial charge in [-0.2, -0.15) is 5.10 Å². The number of rotatable bonds is 3. The fourth-order valence-electron chi connectivity index (χ4n) is 1.84. The van der Waals surface area contributed by atoms with Crippen molar-refractivity contribution in [3.05, 3.63) is 18.2 Å². The highest BCUT2D eigenvalue weighted by atomic mass is 15.3. The first-order chi connectivity index (χ1) is 7.27. The van der Waals surface area contributed by atoms with Crippen molar-refractivity contribution in [2.45, 2.75) is 32.6 Å². The van der Waals surface area contributed by atoms with E-state index in [0.29, 0.717) is 17.4 Å². The standard InChI is InChI=1S/C10H15N5/c1-3-7(4-2)8-5-12-10-9(11)13-6-14-15(8)10/h5-7H,3-4H2,1-2H3,(H2,11,13,14). The second-order valence-corrected chi connectivity index (χ2v) is 3.58. The van der Waals surface area contributed by atoms with Crippen molar-refractivity contribution in [3.63, 3.8) is 0 Å². The zero-order valence-electron chi connectivity index (χ0n) is 9.01. The van der Waals surface area contributed by atoms with Gasteiger partial charge in [-0.1, -0.05) is 13.8 Å². The average molecular weight is 205 g/mol. The molecule has 2 aromatic rings. The fraction of sp³-hybridized carbons (Fsp3) is 0.500. The van der Waals surface area contributed by atoms with Crippen LogP contribution in [0.15, 0.2) is 12.5 Å². The van der Waals surface area contributed by atoms with Gasteiger partial charge in [0.2, 0.25) is 0 Å². The third-order valence-electron chi connectivity index (χ3n) is 2.76. The first kappa shape index (κ1) is 9.89. The molecule has 0 spiro atoms. The van der Waals surface area contributed by atoms with Crippen molar-refractivity contribution >= 4 is 11.5 Å². The number of imidazole rings is 1. The molecule has 2 heterocycles. The maximum absolute atomic E-state index is 5.72. The number of nitrogens with two attached hydrogens (primary N) is 1. The highest BCUT2D eigenvalue weighted by Gasteiger charge is 2.14. The Labute approximate surface area is 88.3 Å². The van der Waals surface area contributed by atoms with Gasteiger partial charge in [0.1, 0.15) is 6.33 Å². The minimum atomic E-state index is 0.433. The van der Waals surface area contributed by atoms with Crippen LogP contribution in [0.1, 0.15) is 38.3 Å². The molecule has 0 saturated heterocycles. The van der Waals surface area contributed by atoms with Gasteiger partial charge in [0.05, 0.1) is 11.9 Å². The van der Waals surface area contributed by atoms with Gasteiger partial charge in [-0.15, -0.1) is 0 Å². The number of aromatic nitrogens is 4. The Kier molecular flexibility index (Phi) is 2.53. The van der Waals surface area contributed by atoms with E-state index < -0.39 is 0 Å². The van der Waals surface area contributed by atoms with Gasteiger partial charge in [-0.05, 0) is 12.8 Å². The van der Waals surface area contributed by atoms with Crippen LogP contribution in [0.3, 0.4) is 0 Å². The minimum Gasteiger partial charge on any atom is -0.381 e. The van der Waals surface area contributed by atoms with Crippen LogP contribution in [0, 0.1) is 0 Å². The van der Waals surface area contributed by atoms with E-state index in [4.69, 9.17) is 5.73 Å². The van der Waals surface area contributed by atoms with E-state index in [-0.39, 0.29) is 0 Å². The Bertz CT molecular complexity index is 458. The topological polar surface area (TPSA) is 69.1 Å². The molecular weight excluding hydrogens is 190 g/mol. The summed E-state index contributed by atoms with van der Waals surface area (Å²) in [6.07, 6.45) is 5.47. The molecule has 5 heteroatoms. The fourth-order valence-corrected chi connectivity index (χ4v) is 1.84. The summed E-state index contributed by atoms with van der Waals surface area (Å²) in [7, 11) is 0. The zero-order valence-corrected chi connectivity index (χ0v) is 9.01. The maximum atomic E-state index is 5.72. The second kappa shape index (κ2) is 3.84. The van der Waals surface area contributed by atoms with Crippen molar-refractivity contribution in [1.82, 2.24) is 19.6 Å². The lowest BCUT2D eigenvalue weighted by atomic mass is 10.0. The van der Waals surface area contributed by atoms with E-state index >= 15 is 0 Å². The number of hydrogen-bond acceptors (Lipinski definition) is 4. The van der Waals surface area contributed by atoms with Crippen molar-refractivity contribution < 1.29 is 0 Å². The van der Waals surface area contributed by atoms with Gasteiger partial charge in [0.15, 0.2) is 11.5 Å². The van der Waals surface area contributed by atoms with E-state index in [9.17, 15) is 0 Å². The predicted molar refractivity (Wildman–Crippen MR) is 58.5 cm³/mol.